The van der Waals surface area contributed by atoms with E-state index in [1.54, 1.807) is 11.3 Å². The van der Waals surface area contributed by atoms with Crippen molar-refractivity contribution in [1.29, 1.82) is 0 Å². The Morgan fingerprint density at radius 1 is 1.18 bits per heavy atom. The van der Waals surface area contributed by atoms with E-state index in [-0.39, 0.29) is 20.0 Å². The second-order valence-corrected chi connectivity index (χ2v) is 9.10. The molecular weight excluding hydrogens is 385 g/mol. The molecule has 3 nitrogen and oxygen atoms in total. The zero-order valence-corrected chi connectivity index (χ0v) is 15.1. The van der Waals surface area contributed by atoms with Gasteiger partial charge in [0.2, 0.25) is 10.0 Å². The molecule has 0 aliphatic heterocycles. The van der Waals surface area contributed by atoms with Crippen LogP contribution in [-0.2, 0) is 10.0 Å². The van der Waals surface area contributed by atoms with E-state index in [0.717, 1.165) is 6.42 Å². The lowest BCUT2D eigenvalue weighted by atomic mass is 10.3. The lowest BCUT2D eigenvalue weighted by Crippen LogP contribution is -2.26. The van der Waals surface area contributed by atoms with Crippen LogP contribution in [0.1, 0.15) is 17.2 Å². The van der Waals surface area contributed by atoms with Gasteiger partial charge in [0.05, 0.1) is 15.1 Å². The molecule has 2 unspecified atom stereocenters. The quantitative estimate of drug-likeness (QED) is 0.739. The monoisotopic (exact) mass is 395 g/mol. The van der Waals surface area contributed by atoms with Crippen molar-refractivity contribution in [3.8, 4) is 0 Å². The number of hydrogen-bond acceptors (Lipinski definition) is 3. The summed E-state index contributed by atoms with van der Waals surface area (Å²) in [7, 11) is -3.70. The first kappa shape index (κ1) is 16.6. The number of nitrogens with one attached hydrogen (secondary N) is 1. The van der Waals surface area contributed by atoms with Crippen molar-refractivity contribution in [3.63, 3.8) is 0 Å². The van der Waals surface area contributed by atoms with Gasteiger partial charge in [-0.3, -0.25) is 0 Å². The average Bonchev–Trinajstić information content (AvgIpc) is 3.03. The molecule has 1 aromatic carbocycles. The SMILES string of the molecule is O=S(=O)(NCC1CC1c1cccs1)c1cc(Cl)c(Cl)cc1Cl. The summed E-state index contributed by atoms with van der Waals surface area (Å²) in [6.07, 6.45) is 0.998. The van der Waals surface area contributed by atoms with Gasteiger partial charge in [-0.05, 0) is 41.8 Å². The summed E-state index contributed by atoms with van der Waals surface area (Å²) in [4.78, 5) is 1.26. The van der Waals surface area contributed by atoms with E-state index < -0.39 is 10.0 Å². The van der Waals surface area contributed by atoms with Gasteiger partial charge in [-0.1, -0.05) is 40.9 Å². The van der Waals surface area contributed by atoms with Crippen LogP contribution in [0.5, 0.6) is 0 Å². The molecule has 0 spiro atoms. The highest BCUT2D eigenvalue weighted by Gasteiger charge is 2.39. The molecule has 0 bridgehead atoms. The van der Waals surface area contributed by atoms with Gasteiger partial charge < -0.3 is 0 Å². The van der Waals surface area contributed by atoms with Crippen LogP contribution in [0.25, 0.3) is 0 Å². The van der Waals surface area contributed by atoms with E-state index in [1.165, 1.54) is 17.0 Å². The normalized spacial score (nSPS) is 21.0. The third-order valence-corrected chi connectivity index (χ3v) is 7.25. The van der Waals surface area contributed by atoms with E-state index in [2.05, 4.69) is 10.8 Å². The van der Waals surface area contributed by atoms with Gasteiger partial charge in [0.1, 0.15) is 4.90 Å². The van der Waals surface area contributed by atoms with E-state index in [1.807, 2.05) is 11.4 Å². The average molecular weight is 397 g/mol. The molecule has 1 aliphatic rings. The molecule has 1 aromatic heterocycles. The first-order chi connectivity index (χ1) is 10.4. The largest absolute Gasteiger partial charge is 0.242 e. The number of hydrogen-bond donors (Lipinski definition) is 1. The number of rotatable bonds is 5. The van der Waals surface area contributed by atoms with Crippen molar-refractivity contribution in [3.05, 3.63) is 49.6 Å². The molecule has 0 radical (unpaired) electrons. The highest BCUT2D eigenvalue weighted by atomic mass is 35.5. The fourth-order valence-electron chi connectivity index (χ4n) is 2.33. The topological polar surface area (TPSA) is 46.2 Å². The maximum Gasteiger partial charge on any atom is 0.242 e. The molecule has 0 amide bonds. The van der Waals surface area contributed by atoms with E-state index in [0.29, 0.717) is 18.4 Å². The molecule has 1 N–H and O–H groups in total. The third-order valence-electron chi connectivity index (χ3n) is 3.63. The Bertz CT molecular complexity index is 791. The smallest absolute Gasteiger partial charge is 0.211 e. The maximum atomic E-state index is 12.3. The first-order valence-electron chi connectivity index (χ1n) is 6.56. The Kier molecular flexibility index (Phi) is 4.74. The van der Waals surface area contributed by atoms with Gasteiger partial charge in [0.15, 0.2) is 0 Å². The molecule has 1 heterocycles. The molecule has 22 heavy (non-hydrogen) atoms. The molecule has 0 saturated heterocycles. The molecular formula is C14H12Cl3NO2S2. The summed E-state index contributed by atoms with van der Waals surface area (Å²) in [6.45, 7) is 0.390. The highest BCUT2D eigenvalue weighted by Crippen LogP contribution is 2.48. The second kappa shape index (κ2) is 6.30. The lowest BCUT2D eigenvalue weighted by Gasteiger charge is -2.09. The Hall–Kier alpha value is -0.300. The third kappa shape index (κ3) is 3.45. The summed E-state index contributed by atoms with van der Waals surface area (Å²) >= 11 is 19.4. The van der Waals surface area contributed by atoms with Crippen LogP contribution in [-0.4, -0.2) is 15.0 Å². The van der Waals surface area contributed by atoms with Crippen molar-refractivity contribution in [2.75, 3.05) is 6.54 Å². The molecule has 118 valence electrons. The lowest BCUT2D eigenvalue weighted by molar-refractivity contribution is 0.576. The number of halogens is 3. The molecule has 1 saturated carbocycles. The summed E-state index contributed by atoms with van der Waals surface area (Å²) in [5.41, 5.74) is 0. The van der Waals surface area contributed by atoms with Crippen LogP contribution in [0.2, 0.25) is 15.1 Å². The van der Waals surface area contributed by atoms with E-state index in [4.69, 9.17) is 34.8 Å². The molecule has 3 rings (SSSR count). The number of benzene rings is 1. The fourth-order valence-corrected chi connectivity index (χ4v) is 5.36. The van der Waals surface area contributed by atoms with Crippen molar-refractivity contribution < 1.29 is 8.42 Å². The van der Waals surface area contributed by atoms with Gasteiger partial charge in [-0.25, -0.2) is 13.1 Å². The van der Waals surface area contributed by atoms with Gasteiger partial charge in [0, 0.05) is 11.4 Å². The number of sulfonamides is 1. The van der Waals surface area contributed by atoms with Crippen molar-refractivity contribution >= 4 is 56.2 Å². The van der Waals surface area contributed by atoms with Gasteiger partial charge in [-0.15, -0.1) is 11.3 Å². The van der Waals surface area contributed by atoms with E-state index in [9.17, 15) is 8.42 Å². The van der Waals surface area contributed by atoms with Crippen LogP contribution in [0, 0.1) is 5.92 Å². The van der Waals surface area contributed by atoms with Gasteiger partial charge in [0.25, 0.3) is 0 Å². The second-order valence-electron chi connectivity index (χ2n) is 5.17. The van der Waals surface area contributed by atoms with E-state index >= 15 is 0 Å². The van der Waals surface area contributed by atoms with Crippen molar-refractivity contribution in [1.82, 2.24) is 4.72 Å². The predicted molar refractivity (Wildman–Crippen MR) is 91.8 cm³/mol. The van der Waals surface area contributed by atoms with Crippen LogP contribution >= 0.6 is 46.1 Å². The van der Waals surface area contributed by atoms with Crippen LogP contribution in [0.15, 0.2) is 34.5 Å². The van der Waals surface area contributed by atoms with Gasteiger partial charge >= 0.3 is 0 Å². The van der Waals surface area contributed by atoms with Crippen molar-refractivity contribution in [2.45, 2.75) is 17.2 Å². The zero-order chi connectivity index (χ0) is 15.9. The molecule has 1 fully saturated rings. The van der Waals surface area contributed by atoms with Gasteiger partial charge in [-0.2, -0.15) is 0 Å². The highest BCUT2D eigenvalue weighted by molar-refractivity contribution is 7.89. The standard InChI is InChI=1S/C14H12Cl3NO2S2/c15-10-5-12(17)14(6-11(10)16)22(19,20)18-7-8-4-9(8)13-2-1-3-21-13/h1-3,5-6,8-9,18H,4,7H2. The minimum absolute atomic E-state index is 0.0445. The number of thiophene rings is 1. The molecule has 1 aliphatic carbocycles. The van der Waals surface area contributed by atoms with Crippen LogP contribution < -0.4 is 4.72 Å². The Balaban J connectivity index is 1.69. The molecule has 2 atom stereocenters. The Morgan fingerprint density at radius 2 is 1.91 bits per heavy atom. The summed E-state index contributed by atoms with van der Waals surface area (Å²) in [5.74, 6) is 0.780. The fraction of sp³-hybridized carbons (Fsp3) is 0.286. The maximum absolute atomic E-state index is 12.3. The van der Waals surface area contributed by atoms with Crippen LogP contribution in [0.3, 0.4) is 0 Å². The molecule has 8 heteroatoms. The Labute approximate surface area is 148 Å². The Morgan fingerprint density at radius 3 is 2.59 bits per heavy atom. The summed E-state index contributed by atoms with van der Waals surface area (Å²) in [6, 6.07) is 6.71. The first-order valence-corrected chi connectivity index (χ1v) is 10.1. The van der Waals surface area contributed by atoms with Crippen molar-refractivity contribution in [2.24, 2.45) is 5.92 Å². The summed E-state index contributed by atoms with van der Waals surface area (Å²) < 4.78 is 27.3. The van der Waals surface area contributed by atoms with Crippen LogP contribution in [0.4, 0.5) is 0 Å². The molecule has 2 aromatic rings. The predicted octanol–water partition coefficient (Wildman–Crippen LogP) is 4.79. The summed E-state index contributed by atoms with van der Waals surface area (Å²) in [5, 5.41) is 2.48. The minimum Gasteiger partial charge on any atom is -0.211 e. The minimum atomic E-state index is -3.70. The zero-order valence-electron chi connectivity index (χ0n) is 11.2.